The summed E-state index contributed by atoms with van der Waals surface area (Å²) in [4.78, 5) is 12.0. The molecule has 2 rings (SSSR count). The molecule has 1 aliphatic rings. The van der Waals surface area contributed by atoms with Crippen LogP contribution in [-0.4, -0.2) is 29.8 Å². The minimum Gasteiger partial charge on any atom is -0.507 e. The molecule has 2 unspecified atom stereocenters. The van der Waals surface area contributed by atoms with Crippen molar-refractivity contribution in [2.24, 2.45) is 0 Å². The number of ether oxygens (including phenoxy) is 1. The molecule has 1 amide bonds. The molecule has 1 fully saturated rings. The molecule has 1 saturated heterocycles. The van der Waals surface area contributed by atoms with Crippen LogP contribution in [0.3, 0.4) is 0 Å². The first-order chi connectivity index (χ1) is 8.58. The lowest BCUT2D eigenvalue weighted by Crippen LogP contribution is -2.40. The Labute approximate surface area is 114 Å². The van der Waals surface area contributed by atoms with Crippen molar-refractivity contribution in [1.82, 2.24) is 5.32 Å². The van der Waals surface area contributed by atoms with Crippen molar-refractivity contribution in [3.8, 4) is 5.75 Å². The van der Waals surface area contributed by atoms with E-state index in [2.05, 4.69) is 21.2 Å². The Morgan fingerprint density at radius 2 is 2.39 bits per heavy atom. The topological polar surface area (TPSA) is 58.6 Å². The highest BCUT2D eigenvalue weighted by Gasteiger charge is 2.24. The van der Waals surface area contributed by atoms with E-state index in [4.69, 9.17) is 4.74 Å². The van der Waals surface area contributed by atoms with Crippen LogP contribution in [0.25, 0.3) is 0 Å². The average molecular weight is 314 g/mol. The van der Waals surface area contributed by atoms with Crippen molar-refractivity contribution < 1.29 is 14.6 Å². The second-order valence-corrected chi connectivity index (χ2v) is 5.39. The molecule has 0 radical (unpaired) electrons. The van der Waals surface area contributed by atoms with Crippen molar-refractivity contribution in [2.45, 2.75) is 31.9 Å². The van der Waals surface area contributed by atoms with Gasteiger partial charge in [-0.1, -0.05) is 15.9 Å². The largest absolute Gasteiger partial charge is 0.507 e. The second-order valence-electron chi connectivity index (χ2n) is 4.48. The fraction of sp³-hybridized carbons (Fsp3) is 0.462. The van der Waals surface area contributed by atoms with Gasteiger partial charge in [0.15, 0.2) is 0 Å². The highest BCUT2D eigenvalue weighted by atomic mass is 79.9. The molecule has 1 aliphatic heterocycles. The molecule has 2 N–H and O–H groups in total. The van der Waals surface area contributed by atoms with Gasteiger partial charge in [-0.3, -0.25) is 4.79 Å². The molecular weight excluding hydrogens is 298 g/mol. The number of hydrogen-bond donors (Lipinski definition) is 2. The smallest absolute Gasteiger partial charge is 0.255 e. The molecule has 0 aromatic heterocycles. The first-order valence-corrected chi connectivity index (χ1v) is 6.78. The zero-order chi connectivity index (χ0) is 13.1. The maximum atomic E-state index is 12.0. The third kappa shape index (κ3) is 3.03. The fourth-order valence-electron chi connectivity index (χ4n) is 2.07. The number of rotatable bonds is 3. The fourth-order valence-corrected chi connectivity index (χ4v) is 2.42. The first kappa shape index (κ1) is 13.4. The molecule has 1 aromatic rings. The maximum absolute atomic E-state index is 12.0. The monoisotopic (exact) mass is 313 g/mol. The van der Waals surface area contributed by atoms with E-state index in [9.17, 15) is 9.90 Å². The van der Waals surface area contributed by atoms with E-state index < -0.39 is 0 Å². The van der Waals surface area contributed by atoms with Gasteiger partial charge in [-0.05, 0) is 38.0 Å². The van der Waals surface area contributed by atoms with Crippen molar-refractivity contribution >= 4 is 21.8 Å². The Morgan fingerprint density at radius 1 is 1.61 bits per heavy atom. The van der Waals surface area contributed by atoms with E-state index in [1.165, 1.54) is 6.07 Å². The lowest BCUT2D eigenvalue weighted by molar-refractivity contribution is 0.0711. The van der Waals surface area contributed by atoms with E-state index in [0.29, 0.717) is 0 Å². The molecule has 1 aromatic carbocycles. The summed E-state index contributed by atoms with van der Waals surface area (Å²) in [5, 5.41) is 12.6. The SMILES string of the molecule is CC(NC(=O)c1ccc(Br)cc1O)C1CCCO1. The highest BCUT2D eigenvalue weighted by molar-refractivity contribution is 9.10. The van der Waals surface area contributed by atoms with Gasteiger partial charge in [-0.15, -0.1) is 0 Å². The van der Waals surface area contributed by atoms with Crippen LogP contribution in [0.5, 0.6) is 5.75 Å². The Hall–Kier alpha value is -1.07. The highest BCUT2D eigenvalue weighted by Crippen LogP contribution is 2.23. The number of benzene rings is 1. The van der Waals surface area contributed by atoms with Crippen LogP contribution in [0.4, 0.5) is 0 Å². The standard InChI is InChI=1S/C13H16BrNO3/c1-8(12-3-2-6-18-12)15-13(17)10-5-4-9(14)7-11(10)16/h4-5,7-8,12,16H,2-3,6H2,1H3,(H,15,17). The van der Waals surface area contributed by atoms with E-state index in [0.717, 1.165) is 23.9 Å². The number of carbonyl (C=O) groups excluding carboxylic acids is 1. The van der Waals surface area contributed by atoms with Gasteiger partial charge in [0.2, 0.25) is 0 Å². The predicted molar refractivity (Wildman–Crippen MR) is 71.7 cm³/mol. The van der Waals surface area contributed by atoms with E-state index in [-0.39, 0.29) is 29.4 Å². The Bertz CT molecular complexity index is 444. The molecule has 1 heterocycles. The number of halogens is 1. The number of phenols is 1. The summed E-state index contributed by atoms with van der Waals surface area (Å²) in [7, 11) is 0. The Kier molecular flexibility index (Phi) is 4.24. The zero-order valence-corrected chi connectivity index (χ0v) is 11.7. The van der Waals surface area contributed by atoms with Crippen LogP contribution in [0.2, 0.25) is 0 Å². The molecule has 98 valence electrons. The van der Waals surface area contributed by atoms with Gasteiger partial charge >= 0.3 is 0 Å². The molecule has 5 heteroatoms. The van der Waals surface area contributed by atoms with Crippen molar-refractivity contribution in [3.05, 3.63) is 28.2 Å². The summed E-state index contributed by atoms with van der Waals surface area (Å²) in [6.07, 6.45) is 2.08. The molecule has 0 aliphatic carbocycles. The van der Waals surface area contributed by atoms with Crippen LogP contribution in [0, 0.1) is 0 Å². The van der Waals surface area contributed by atoms with Crippen molar-refractivity contribution in [1.29, 1.82) is 0 Å². The molecule has 2 atom stereocenters. The van der Waals surface area contributed by atoms with Crippen LogP contribution in [0.1, 0.15) is 30.1 Å². The summed E-state index contributed by atoms with van der Waals surface area (Å²) in [5.74, 6) is -0.301. The molecular formula is C13H16BrNO3. The minimum atomic E-state index is -0.275. The van der Waals surface area contributed by atoms with E-state index >= 15 is 0 Å². The Balaban J connectivity index is 2.02. The summed E-state index contributed by atoms with van der Waals surface area (Å²) in [6.45, 7) is 2.68. The first-order valence-electron chi connectivity index (χ1n) is 5.99. The molecule has 0 spiro atoms. The summed E-state index contributed by atoms with van der Waals surface area (Å²) in [5.41, 5.74) is 0.281. The molecule has 18 heavy (non-hydrogen) atoms. The van der Waals surface area contributed by atoms with Crippen molar-refractivity contribution in [2.75, 3.05) is 6.61 Å². The van der Waals surface area contributed by atoms with Crippen molar-refractivity contribution in [3.63, 3.8) is 0 Å². The third-order valence-electron chi connectivity index (χ3n) is 3.09. The minimum absolute atomic E-state index is 0.0265. The van der Waals surface area contributed by atoms with Gasteiger partial charge in [0, 0.05) is 11.1 Å². The van der Waals surface area contributed by atoms with Gasteiger partial charge in [0.1, 0.15) is 5.75 Å². The number of aromatic hydroxyl groups is 1. The molecule has 0 bridgehead atoms. The zero-order valence-electron chi connectivity index (χ0n) is 10.1. The molecule has 4 nitrogen and oxygen atoms in total. The maximum Gasteiger partial charge on any atom is 0.255 e. The van der Waals surface area contributed by atoms with E-state index in [1.807, 2.05) is 6.92 Å². The summed E-state index contributed by atoms with van der Waals surface area (Å²) >= 11 is 3.24. The van der Waals surface area contributed by atoms with Gasteiger partial charge in [0.25, 0.3) is 5.91 Å². The number of carbonyl (C=O) groups is 1. The summed E-state index contributed by atoms with van der Waals surface area (Å²) < 4.78 is 6.26. The third-order valence-corrected chi connectivity index (χ3v) is 3.58. The lowest BCUT2D eigenvalue weighted by Gasteiger charge is -2.20. The van der Waals surface area contributed by atoms with Crippen LogP contribution in [0.15, 0.2) is 22.7 Å². The van der Waals surface area contributed by atoms with Crippen LogP contribution >= 0.6 is 15.9 Å². The lowest BCUT2D eigenvalue weighted by atomic mass is 10.1. The van der Waals surface area contributed by atoms with Crippen LogP contribution in [-0.2, 0) is 4.74 Å². The van der Waals surface area contributed by atoms with Gasteiger partial charge in [0.05, 0.1) is 17.7 Å². The quantitative estimate of drug-likeness (QED) is 0.901. The normalized spacial score (nSPS) is 20.7. The number of nitrogens with one attached hydrogen (secondary N) is 1. The molecule has 0 saturated carbocycles. The van der Waals surface area contributed by atoms with Gasteiger partial charge < -0.3 is 15.2 Å². The van der Waals surface area contributed by atoms with Gasteiger partial charge in [-0.25, -0.2) is 0 Å². The number of hydrogen-bond acceptors (Lipinski definition) is 3. The predicted octanol–water partition coefficient (Wildman–Crippen LogP) is 2.45. The summed E-state index contributed by atoms with van der Waals surface area (Å²) in [6, 6.07) is 4.77. The Morgan fingerprint density at radius 3 is 3.00 bits per heavy atom. The van der Waals surface area contributed by atoms with Crippen LogP contribution < -0.4 is 5.32 Å². The second kappa shape index (κ2) is 5.71. The number of amides is 1. The average Bonchev–Trinajstić information content (AvgIpc) is 2.81. The van der Waals surface area contributed by atoms with Gasteiger partial charge in [-0.2, -0.15) is 0 Å². The number of phenolic OH excluding ortho intramolecular Hbond substituents is 1. The van der Waals surface area contributed by atoms with E-state index in [1.54, 1.807) is 12.1 Å².